The van der Waals surface area contributed by atoms with Gasteiger partial charge in [0.25, 0.3) is 0 Å². The van der Waals surface area contributed by atoms with Crippen LogP contribution >= 0.6 is 0 Å². The predicted octanol–water partition coefficient (Wildman–Crippen LogP) is 5.40. The molecule has 3 aromatic rings. The van der Waals surface area contributed by atoms with Crippen molar-refractivity contribution < 1.29 is 14.2 Å². The van der Waals surface area contributed by atoms with Gasteiger partial charge in [0.2, 0.25) is 5.95 Å². The smallest absolute Gasteiger partial charge is 0.225 e. The Bertz CT molecular complexity index is 1180. The number of hydrogen-bond acceptors (Lipinski definition) is 8. The number of para-hydroxylation sites is 1. The predicted molar refractivity (Wildman–Crippen MR) is 154 cm³/mol. The van der Waals surface area contributed by atoms with Gasteiger partial charge in [-0.2, -0.15) is 4.98 Å². The zero-order valence-electron chi connectivity index (χ0n) is 23.5. The van der Waals surface area contributed by atoms with E-state index in [0.717, 1.165) is 65.7 Å². The minimum Gasteiger partial charge on any atom is -0.494 e. The van der Waals surface area contributed by atoms with Gasteiger partial charge in [-0.1, -0.05) is 12.1 Å². The summed E-state index contributed by atoms with van der Waals surface area (Å²) >= 11 is 0. The Morgan fingerprint density at radius 2 is 1.74 bits per heavy atom. The monoisotopic (exact) mass is 521 g/mol. The van der Waals surface area contributed by atoms with Gasteiger partial charge in [-0.25, -0.2) is 4.98 Å². The van der Waals surface area contributed by atoms with Crippen LogP contribution in [0.2, 0.25) is 0 Å². The maximum absolute atomic E-state index is 5.91. The Morgan fingerprint density at radius 3 is 2.45 bits per heavy atom. The highest BCUT2D eigenvalue weighted by molar-refractivity contribution is 5.90. The van der Waals surface area contributed by atoms with Gasteiger partial charge in [-0.3, -0.25) is 0 Å². The molecule has 1 heterocycles. The lowest BCUT2D eigenvalue weighted by atomic mass is 9.86. The van der Waals surface area contributed by atoms with E-state index in [0.29, 0.717) is 31.8 Å². The van der Waals surface area contributed by atoms with Gasteiger partial charge < -0.3 is 29.7 Å². The fraction of sp³-hybridized carbons (Fsp3) is 0.533. The van der Waals surface area contributed by atoms with Gasteiger partial charge in [-0.05, 0) is 75.8 Å². The van der Waals surface area contributed by atoms with Crippen molar-refractivity contribution in [3.63, 3.8) is 0 Å². The molecule has 1 aliphatic carbocycles. The fourth-order valence-corrected chi connectivity index (χ4v) is 5.24. The quantitative estimate of drug-likeness (QED) is 0.310. The molecular formula is C30H43N5O3. The van der Waals surface area contributed by atoms with E-state index >= 15 is 0 Å². The number of rotatable bonds is 13. The van der Waals surface area contributed by atoms with Crippen LogP contribution in [0.3, 0.4) is 0 Å². The lowest BCUT2D eigenvalue weighted by Gasteiger charge is -2.29. The van der Waals surface area contributed by atoms with Crippen molar-refractivity contribution in [1.29, 1.82) is 0 Å². The SMILES string of the molecule is CCOc1cc(CNCC2CCC(Nc3nc(N(C)C)c4ccccc4n3)CC2)c(COC)c(OCC)c1. The summed E-state index contributed by atoms with van der Waals surface area (Å²) in [7, 11) is 5.78. The largest absolute Gasteiger partial charge is 0.494 e. The number of anilines is 2. The number of aromatic nitrogens is 2. The molecule has 1 aliphatic rings. The summed E-state index contributed by atoms with van der Waals surface area (Å²) < 4.78 is 17.2. The number of fused-ring (bicyclic) bond motifs is 1. The van der Waals surface area contributed by atoms with Crippen molar-refractivity contribution in [2.24, 2.45) is 5.92 Å². The molecule has 1 fully saturated rings. The molecule has 4 rings (SSSR count). The van der Waals surface area contributed by atoms with Gasteiger partial charge in [0.05, 0.1) is 25.3 Å². The molecule has 206 valence electrons. The van der Waals surface area contributed by atoms with Crippen LogP contribution in [0.4, 0.5) is 11.8 Å². The molecule has 0 saturated heterocycles. The first-order valence-electron chi connectivity index (χ1n) is 13.8. The second kappa shape index (κ2) is 13.6. The maximum Gasteiger partial charge on any atom is 0.225 e. The van der Waals surface area contributed by atoms with Gasteiger partial charge >= 0.3 is 0 Å². The lowest BCUT2D eigenvalue weighted by molar-refractivity contribution is 0.179. The van der Waals surface area contributed by atoms with E-state index in [4.69, 9.17) is 24.2 Å². The minimum absolute atomic E-state index is 0.396. The molecular weight excluding hydrogens is 478 g/mol. The number of methoxy groups -OCH3 is 1. The molecule has 2 N–H and O–H groups in total. The van der Waals surface area contributed by atoms with E-state index in [2.05, 4.69) is 33.7 Å². The first-order chi connectivity index (χ1) is 18.5. The molecule has 1 aromatic heterocycles. The standard InChI is InChI=1S/C30H43N5O3/c1-6-37-24-16-22(26(20-36-5)28(17-24)38-7-2)19-31-18-21-12-14-23(15-13-21)32-30-33-27-11-9-8-10-25(27)29(34-30)35(3)4/h8-11,16-17,21,23,31H,6-7,12-15,18-20H2,1-5H3,(H,32,33,34). The van der Waals surface area contributed by atoms with Gasteiger partial charge in [-0.15, -0.1) is 0 Å². The van der Waals surface area contributed by atoms with Crippen LogP contribution in [0.5, 0.6) is 11.5 Å². The lowest BCUT2D eigenvalue weighted by Crippen LogP contribution is -2.32. The number of nitrogens with zero attached hydrogens (tertiary/aromatic N) is 3. The Labute approximate surface area is 227 Å². The number of nitrogens with one attached hydrogen (secondary N) is 2. The second-order valence-corrected chi connectivity index (χ2v) is 10.1. The number of hydrogen-bond donors (Lipinski definition) is 2. The van der Waals surface area contributed by atoms with E-state index in [1.165, 1.54) is 18.4 Å². The third kappa shape index (κ3) is 7.05. The molecule has 0 amide bonds. The van der Waals surface area contributed by atoms with Gasteiger partial charge in [0.15, 0.2) is 0 Å². The number of ether oxygens (including phenoxy) is 3. The Kier molecular flexibility index (Phi) is 10.0. The summed E-state index contributed by atoms with van der Waals surface area (Å²) in [6, 6.07) is 12.7. The second-order valence-electron chi connectivity index (χ2n) is 10.1. The molecule has 0 bridgehead atoms. The van der Waals surface area contributed by atoms with Crippen molar-refractivity contribution in [3.8, 4) is 11.5 Å². The summed E-state index contributed by atoms with van der Waals surface area (Å²) in [4.78, 5) is 11.7. The van der Waals surface area contributed by atoms with Crippen molar-refractivity contribution in [2.75, 3.05) is 51.2 Å². The van der Waals surface area contributed by atoms with E-state index in [1.54, 1.807) is 7.11 Å². The van der Waals surface area contributed by atoms with E-state index < -0.39 is 0 Å². The van der Waals surface area contributed by atoms with E-state index in [1.807, 2.05) is 46.1 Å². The molecule has 8 heteroatoms. The molecule has 8 nitrogen and oxygen atoms in total. The molecule has 0 spiro atoms. The van der Waals surface area contributed by atoms with Crippen LogP contribution in [-0.2, 0) is 17.9 Å². The Balaban J connectivity index is 1.32. The van der Waals surface area contributed by atoms with Crippen LogP contribution in [0.15, 0.2) is 36.4 Å². The fourth-order valence-electron chi connectivity index (χ4n) is 5.24. The highest BCUT2D eigenvalue weighted by atomic mass is 16.5. The maximum atomic E-state index is 5.91. The molecule has 0 unspecified atom stereocenters. The molecule has 2 aromatic carbocycles. The normalized spacial score (nSPS) is 17.4. The third-order valence-electron chi connectivity index (χ3n) is 7.11. The van der Waals surface area contributed by atoms with Crippen molar-refractivity contribution in [1.82, 2.24) is 15.3 Å². The topological polar surface area (TPSA) is 80.8 Å². The van der Waals surface area contributed by atoms with E-state index in [9.17, 15) is 0 Å². The first kappa shape index (κ1) is 27.9. The van der Waals surface area contributed by atoms with Gasteiger partial charge in [0, 0.05) is 50.8 Å². The van der Waals surface area contributed by atoms with E-state index in [-0.39, 0.29) is 0 Å². The van der Waals surface area contributed by atoms with Crippen LogP contribution in [0.25, 0.3) is 10.9 Å². The summed E-state index contributed by atoms with van der Waals surface area (Å²) in [5.74, 6) is 4.00. The van der Waals surface area contributed by atoms with Crippen molar-refractivity contribution in [3.05, 3.63) is 47.5 Å². The summed E-state index contributed by atoms with van der Waals surface area (Å²) in [5.41, 5.74) is 3.23. The third-order valence-corrected chi connectivity index (χ3v) is 7.11. The highest BCUT2D eigenvalue weighted by Gasteiger charge is 2.22. The summed E-state index contributed by atoms with van der Waals surface area (Å²) in [5, 5.41) is 8.39. The van der Waals surface area contributed by atoms with Gasteiger partial charge in [0.1, 0.15) is 17.3 Å². The zero-order valence-corrected chi connectivity index (χ0v) is 23.5. The number of benzene rings is 2. The molecule has 38 heavy (non-hydrogen) atoms. The average molecular weight is 522 g/mol. The van der Waals surface area contributed by atoms with Crippen LogP contribution in [-0.4, -0.2) is 57.0 Å². The molecule has 0 aliphatic heterocycles. The van der Waals surface area contributed by atoms with Crippen LogP contribution < -0.4 is 25.0 Å². The van der Waals surface area contributed by atoms with Crippen molar-refractivity contribution in [2.45, 2.75) is 58.7 Å². The molecule has 0 atom stereocenters. The van der Waals surface area contributed by atoms with Crippen molar-refractivity contribution >= 4 is 22.7 Å². The minimum atomic E-state index is 0.396. The van der Waals surface area contributed by atoms with Crippen LogP contribution in [0.1, 0.15) is 50.7 Å². The van der Waals surface area contributed by atoms with Crippen LogP contribution in [0, 0.1) is 5.92 Å². The Hall–Kier alpha value is -3.10. The highest BCUT2D eigenvalue weighted by Crippen LogP contribution is 2.31. The first-order valence-corrected chi connectivity index (χ1v) is 13.8. The zero-order chi connectivity index (χ0) is 26.9. The Morgan fingerprint density at radius 1 is 0.974 bits per heavy atom. The summed E-state index contributed by atoms with van der Waals surface area (Å²) in [6.07, 6.45) is 4.58. The molecule has 0 radical (unpaired) electrons. The summed E-state index contributed by atoms with van der Waals surface area (Å²) in [6.45, 7) is 7.49. The average Bonchev–Trinajstić information content (AvgIpc) is 2.91. The molecule has 1 saturated carbocycles.